The fourth-order valence-corrected chi connectivity index (χ4v) is 1.86. The number of hydrogen-bond donors (Lipinski definition) is 1. The van der Waals surface area contributed by atoms with Crippen molar-refractivity contribution in [2.45, 2.75) is 6.42 Å². The maximum atomic E-state index is 5.69. The Balaban J connectivity index is 2.39. The predicted molar refractivity (Wildman–Crippen MR) is 69.8 cm³/mol. The molecular weight excluding hydrogens is 248 g/mol. The first-order chi connectivity index (χ1) is 9.19. The summed E-state index contributed by atoms with van der Waals surface area (Å²) in [7, 11) is 4.72. The zero-order chi connectivity index (χ0) is 13.8. The summed E-state index contributed by atoms with van der Waals surface area (Å²) in [5.41, 5.74) is 7.47. The van der Waals surface area contributed by atoms with Gasteiger partial charge in [-0.25, -0.2) is 0 Å². The van der Waals surface area contributed by atoms with Gasteiger partial charge in [0.1, 0.15) is 6.26 Å². The summed E-state index contributed by atoms with van der Waals surface area (Å²) in [5, 5.41) is 3.65. The fourth-order valence-electron chi connectivity index (χ4n) is 1.86. The second kappa shape index (κ2) is 5.51. The van der Waals surface area contributed by atoms with Crippen LogP contribution in [0.4, 0.5) is 5.82 Å². The molecule has 0 fully saturated rings. The van der Waals surface area contributed by atoms with Gasteiger partial charge in [-0.2, -0.15) is 0 Å². The molecule has 102 valence electrons. The van der Waals surface area contributed by atoms with E-state index < -0.39 is 0 Å². The third-order valence-corrected chi connectivity index (χ3v) is 2.79. The summed E-state index contributed by atoms with van der Waals surface area (Å²) in [4.78, 5) is 0. The molecule has 0 amide bonds. The SMILES string of the molecule is COc1cc(Cc2conc2N)cc(OC)c1OC. The van der Waals surface area contributed by atoms with Crippen molar-refractivity contribution in [2.24, 2.45) is 0 Å². The van der Waals surface area contributed by atoms with Crippen molar-refractivity contribution in [1.29, 1.82) is 0 Å². The van der Waals surface area contributed by atoms with Crippen LogP contribution in [0.25, 0.3) is 0 Å². The van der Waals surface area contributed by atoms with E-state index in [9.17, 15) is 0 Å². The van der Waals surface area contributed by atoms with Gasteiger partial charge >= 0.3 is 0 Å². The van der Waals surface area contributed by atoms with E-state index in [1.54, 1.807) is 21.3 Å². The number of aromatic nitrogens is 1. The van der Waals surface area contributed by atoms with Crippen LogP contribution in [0.2, 0.25) is 0 Å². The maximum absolute atomic E-state index is 5.69. The topological polar surface area (TPSA) is 79.7 Å². The molecular formula is C13H16N2O4. The molecule has 2 rings (SSSR count). The van der Waals surface area contributed by atoms with Crippen LogP contribution in [0.3, 0.4) is 0 Å². The second-order valence-corrected chi connectivity index (χ2v) is 3.94. The van der Waals surface area contributed by atoms with E-state index >= 15 is 0 Å². The van der Waals surface area contributed by atoms with Crippen molar-refractivity contribution in [3.05, 3.63) is 29.5 Å². The summed E-state index contributed by atoms with van der Waals surface area (Å²) in [6, 6.07) is 3.74. The average Bonchev–Trinajstić information content (AvgIpc) is 2.83. The molecule has 0 aliphatic heterocycles. The van der Waals surface area contributed by atoms with Gasteiger partial charge in [-0.15, -0.1) is 0 Å². The van der Waals surface area contributed by atoms with Gasteiger partial charge < -0.3 is 24.5 Å². The van der Waals surface area contributed by atoms with E-state index in [4.69, 9.17) is 24.5 Å². The van der Waals surface area contributed by atoms with E-state index in [2.05, 4.69) is 5.16 Å². The van der Waals surface area contributed by atoms with E-state index in [0.29, 0.717) is 29.5 Å². The van der Waals surface area contributed by atoms with Crippen LogP contribution >= 0.6 is 0 Å². The van der Waals surface area contributed by atoms with E-state index in [1.807, 2.05) is 12.1 Å². The van der Waals surface area contributed by atoms with E-state index in [-0.39, 0.29) is 0 Å². The highest BCUT2D eigenvalue weighted by molar-refractivity contribution is 5.55. The highest BCUT2D eigenvalue weighted by Crippen LogP contribution is 2.38. The normalized spacial score (nSPS) is 10.3. The van der Waals surface area contributed by atoms with Crippen LogP contribution in [0.5, 0.6) is 17.2 Å². The van der Waals surface area contributed by atoms with Crippen molar-refractivity contribution < 1.29 is 18.7 Å². The number of nitrogens with zero attached hydrogens (tertiary/aromatic N) is 1. The van der Waals surface area contributed by atoms with Crippen molar-refractivity contribution in [2.75, 3.05) is 27.1 Å². The van der Waals surface area contributed by atoms with Crippen molar-refractivity contribution in [1.82, 2.24) is 5.16 Å². The van der Waals surface area contributed by atoms with Crippen molar-refractivity contribution in [3.8, 4) is 17.2 Å². The Hall–Kier alpha value is -2.37. The zero-order valence-electron chi connectivity index (χ0n) is 11.1. The lowest BCUT2D eigenvalue weighted by molar-refractivity contribution is 0.324. The molecule has 2 aromatic rings. The molecule has 0 bridgehead atoms. The molecule has 0 saturated carbocycles. The number of anilines is 1. The first-order valence-electron chi connectivity index (χ1n) is 5.67. The summed E-state index contributed by atoms with van der Waals surface area (Å²) < 4.78 is 20.7. The van der Waals surface area contributed by atoms with Crippen LogP contribution in [-0.4, -0.2) is 26.5 Å². The predicted octanol–water partition coefficient (Wildman–Crippen LogP) is 1.87. The lowest BCUT2D eigenvalue weighted by Crippen LogP contribution is -1.98. The Bertz CT molecular complexity index is 541. The second-order valence-electron chi connectivity index (χ2n) is 3.94. The largest absolute Gasteiger partial charge is 0.493 e. The Morgan fingerprint density at radius 1 is 1.11 bits per heavy atom. The van der Waals surface area contributed by atoms with Gasteiger partial charge in [-0.1, -0.05) is 5.16 Å². The lowest BCUT2D eigenvalue weighted by atomic mass is 10.1. The molecule has 0 atom stereocenters. The minimum atomic E-state index is 0.383. The Labute approximate surface area is 111 Å². The molecule has 0 aliphatic carbocycles. The number of nitrogens with two attached hydrogens (primary N) is 1. The first kappa shape index (κ1) is 13.1. The molecule has 1 aromatic carbocycles. The van der Waals surface area contributed by atoms with Gasteiger partial charge in [0.05, 0.1) is 21.3 Å². The van der Waals surface area contributed by atoms with Crippen LogP contribution in [0.15, 0.2) is 22.9 Å². The zero-order valence-corrected chi connectivity index (χ0v) is 11.1. The minimum absolute atomic E-state index is 0.383. The fraction of sp³-hybridized carbons (Fsp3) is 0.308. The van der Waals surface area contributed by atoms with Gasteiger partial charge in [0.25, 0.3) is 0 Å². The molecule has 0 unspecified atom stereocenters. The minimum Gasteiger partial charge on any atom is -0.493 e. The monoisotopic (exact) mass is 264 g/mol. The van der Waals surface area contributed by atoms with E-state index in [1.165, 1.54) is 6.26 Å². The standard InChI is InChI=1S/C13H16N2O4/c1-16-10-5-8(4-9-7-19-15-13(9)14)6-11(17-2)12(10)18-3/h5-7H,4H2,1-3H3,(H2,14,15). The van der Waals surface area contributed by atoms with Gasteiger partial charge in [0.2, 0.25) is 5.75 Å². The molecule has 1 aromatic heterocycles. The van der Waals surface area contributed by atoms with Gasteiger partial charge in [-0.05, 0) is 17.7 Å². The van der Waals surface area contributed by atoms with E-state index in [0.717, 1.165) is 11.1 Å². The Kier molecular flexibility index (Phi) is 3.79. The third-order valence-electron chi connectivity index (χ3n) is 2.79. The molecule has 6 heteroatoms. The van der Waals surface area contributed by atoms with Gasteiger partial charge in [0.15, 0.2) is 17.3 Å². The Morgan fingerprint density at radius 3 is 2.16 bits per heavy atom. The maximum Gasteiger partial charge on any atom is 0.203 e. The van der Waals surface area contributed by atoms with Crippen LogP contribution in [0.1, 0.15) is 11.1 Å². The number of ether oxygens (including phenoxy) is 3. The first-order valence-corrected chi connectivity index (χ1v) is 5.67. The summed E-state index contributed by atoms with van der Waals surface area (Å²) in [5.74, 6) is 2.15. The van der Waals surface area contributed by atoms with Crippen molar-refractivity contribution in [3.63, 3.8) is 0 Å². The number of benzene rings is 1. The number of rotatable bonds is 5. The molecule has 6 nitrogen and oxygen atoms in total. The molecule has 0 aliphatic rings. The summed E-state index contributed by atoms with van der Waals surface area (Å²) in [6.45, 7) is 0. The number of methoxy groups -OCH3 is 3. The molecule has 1 heterocycles. The average molecular weight is 264 g/mol. The molecule has 0 radical (unpaired) electrons. The van der Waals surface area contributed by atoms with Crippen LogP contribution < -0.4 is 19.9 Å². The molecule has 0 spiro atoms. The molecule has 0 saturated heterocycles. The molecule has 19 heavy (non-hydrogen) atoms. The lowest BCUT2D eigenvalue weighted by Gasteiger charge is -2.13. The number of nitrogen functional groups attached to an aromatic ring is 1. The highest BCUT2D eigenvalue weighted by atomic mass is 16.5. The summed E-state index contributed by atoms with van der Waals surface area (Å²) in [6.07, 6.45) is 2.10. The highest BCUT2D eigenvalue weighted by Gasteiger charge is 2.14. The smallest absolute Gasteiger partial charge is 0.203 e. The quantitative estimate of drug-likeness (QED) is 0.888. The van der Waals surface area contributed by atoms with Gasteiger partial charge in [-0.3, -0.25) is 0 Å². The van der Waals surface area contributed by atoms with Gasteiger partial charge in [0, 0.05) is 12.0 Å². The van der Waals surface area contributed by atoms with Crippen LogP contribution in [0, 0.1) is 0 Å². The Morgan fingerprint density at radius 2 is 1.74 bits per heavy atom. The van der Waals surface area contributed by atoms with Crippen molar-refractivity contribution >= 4 is 5.82 Å². The molecule has 2 N–H and O–H groups in total. The third kappa shape index (κ3) is 2.57. The van der Waals surface area contributed by atoms with Crippen LogP contribution in [-0.2, 0) is 6.42 Å². The number of hydrogen-bond acceptors (Lipinski definition) is 6. The summed E-state index contributed by atoms with van der Waals surface area (Å²) >= 11 is 0.